The maximum absolute atomic E-state index is 15.0. The molecule has 2 aromatic heterocycles. The summed E-state index contributed by atoms with van der Waals surface area (Å²) in [6, 6.07) is 7.91. The number of hydrogen-bond donors (Lipinski definition) is 2. The Morgan fingerprint density at radius 1 is 1.13 bits per heavy atom. The number of nitrogens with one attached hydrogen (secondary N) is 2. The highest BCUT2D eigenvalue weighted by Gasteiger charge is 2.40. The lowest BCUT2D eigenvalue weighted by molar-refractivity contribution is -0.119. The van der Waals surface area contributed by atoms with Crippen LogP contribution in [0.25, 0.3) is 5.69 Å². The van der Waals surface area contributed by atoms with Gasteiger partial charge in [-0.3, -0.25) is 19.5 Å². The molecule has 204 valence electrons. The van der Waals surface area contributed by atoms with Gasteiger partial charge in [-0.1, -0.05) is 11.6 Å². The van der Waals surface area contributed by atoms with Crippen LogP contribution in [0.5, 0.6) is 5.75 Å². The fourth-order valence-electron chi connectivity index (χ4n) is 3.93. The molecule has 1 aromatic carbocycles. The van der Waals surface area contributed by atoms with Crippen molar-refractivity contribution in [3.63, 3.8) is 0 Å². The molecular weight excluding hydrogens is 537 g/mol. The SMILES string of the molecule is COC(=O)Oc1cccn(-c2ccc(NC(=O)[C@H]3C[C@@H](OC)CN3C(=O)Nc3ccc(Cl)cn3)c(F)c2)c1=O. The first-order valence-corrected chi connectivity index (χ1v) is 11.9. The third-order valence-electron chi connectivity index (χ3n) is 5.88. The molecular formula is C25H23ClFN5O7. The maximum atomic E-state index is 15.0. The topological polar surface area (TPSA) is 141 Å². The molecule has 4 rings (SSSR count). The van der Waals surface area contributed by atoms with Crippen molar-refractivity contribution in [3.8, 4) is 11.4 Å². The van der Waals surface area contributed by atoms with Crippen LogP contribution in [0, 0.1) is 5.82 Å². The minimum atomic E-state index is -1.08. The van der Waals surface area contributed by atoms with E-state index in [1.165, 1.54) is 54.7 Å². The zero-order valence-electron chi connectivity index (χ0n) is 20.7. The van der Waals surface area contributed by atoms with Crippen molar-refractivity contribution in [3.05, 3.63) is 76.1 Å². The lowest BCUT2D eigenvalue weighted by Gasteiger charge is -2.24. The van der Waals surface area contributed by atoms with Crippen LogP contribution in [-0.4, -0.2) is 65.5 Å². The Hall–Kier alpha value is -4.49. The van der Waals surface area contributed by atoms with Crippen LogP contribution in [0.15, 0.2) is 59.7 Å². The van der Waals surface area contributed by atoms with E-state index in [2.05, 4.69) is 20.4 Å². The quantitative estimate of drug-likeness (QED) is 0.438. The summed E-state index contributed by atoms with van der Waals surface area (Å²) in [7, 11) is 2.56. The van der Waals surface area contributed by atoms with E-state index in [0.717, 1.165) is 17.7 Å². The average Bonchev–Trinajstić information content (AvgIpc) is 3.37. The first-order valence-electron chi connectivity index (χ1n) is 11.5. The van der Waals surface area contributed by atoms with E-state index in [1.54, 1.807) is 6.07 Å². The van der Waals surface area contributed by atoms with Gasteiger partial charge in [-0.15, -0.1) is 0 Å². The second kappa shape index (κ2) is 11.9. The summed E-state index contributed by atoms with van der Waals surface area (Å²) < 4.78 is 30.6. The molecule has 2 atom stereocenters. The monoisotopic (exact) mass is 559 g/mol. The summed E-state index contributed by atoms with van der Waals surface area (Å²) in [4.78, 5) is 55.3. The smallest absolute Gasteiger partial charge is 0.437 e. The predicted molar refractivity (Wildman–Crippen MR) is 138 cm³/mol. The number of ether oxygens (including phenoxy) is 3. The van der Waals surface area contributed by atoms with Gasteiger partial charge >= 0.3 is 12.2 Å². The molecule has 3 aromatic rings. The van der Waals surface area contributed by atoms with Crippen molar-refractivity contribution in [1.29, 1.82) is 0 Å². The molecule has 1 fully saturated rings. The molecule has 2 N–H and O–H groups in total. The third-order valence-corrected chi connectivity index (χ3v) is 6.11. The summed E-state index contributed by atoms with van der Waals surface area (Å²) in [6.45, 7) is 0.127. The van der Waals surface area contributed by atoms with Crippen LogP contribution in [-0.2, 0) is 14.3 Å². The average molecular weight is 560 g/mol. The number of carbonyl (C=O) groups excluding carboxylic acids is 3. The fourth-order valence-corrected chi connectivity index (χ4v) is 4.04. The summed E-state index contributed by atoms with van der Waals surface area (Å²) in [6.07, 6.45) is 1.42. The Morgan fingerprint density at radius 2 is 1.92 bits per heavy atom. The Morgan fingerprint density at radius 3 is 2.59 bits per heavy atom. The van der Waals surface area contributed by atoms with Gasteiger partial charge in [0.2, 0.25) is 5.91 Å². The van der Waals surface area contributed by atoms with Crippen molar-refractivity contribution in [2.45, 2.75) is 18.6 Å². The zero-order chi connectivity index (χ0) is 28.1. The molecule has 1 saturated heterocycles. The lowest BCUT2D eigenvalue weighted by atomic mass is 10.1. The summed E-state index contributed by atoms with van der Waals surface area (Å²) >= 11 is 5.83. The Labute approximate surface area is 226 Å². The minimum Gasteiger partial charge on any atom is -0.437 e. The second-order valence-corrected chi connectivity index (χ2v) is 8.75. The van der Waals surface area contributed by atoms with Crippen LogP contribution in [0.3, 0.4) is 0 Å². The van der Waals surface area contributed by atoms with Crippen LogP contribution in [0.2, 0.25) is 5.02 Å². The van der Waals surface area contributed by atoms with Gasteiger partial charge in [0.05, 0.1) is 29.6 Å². The van der Waals surface area contributed by atoms with E-state index in [1.807, 2.05) is 0 Å². The molecule has 1 aliphatic heterocycles. The maximum Gasteiger partial charge on any atom is 0.513 e. The van der Waals surface area contributed by atoms with Crippen molar-refractivity contribution in [1.82, 2.24) is 14.5 Å². The van der Waals surface area contributed by atoms with Crippen LogP contribution >= 0.6 is 11.6 Å². The number of urea groups is 1. The minimum absolute atomic E-state index is 0.114. The van der Waals surface area contributed by atoms with E-state index in [0.29, 0.717) is 5.02 Å². The number of rotatable bonds is 6. The predicted octanol–water partition coefficient (Wildman–Crippen LogP) is 3.43. The standard InChI is InChI=1S/C25H23ClFN5O7/c1-37-16-11-19(32(13-16)24(35)30-21-8-5-14(26)12-28-21)22(33)29-18-7-6-15(10-17(18)27)31-9-3-4-20(23(31)34)39-25(36)38-2/h3-10,12,16,19H,11,13H2,1-2H3,(H,29,33)(H,28,30,35)/t16-,19-/m1/s1. The highest BCUT2D eigenvalue weighted by molar-refractivity contribution is 6.30. The van der Waals surface area contributed by atoms with E-state index >= 15 is 4.39 Å². The van der Waals surface area contributed by atoms with Crippen LogP contribution < -0.4 is 20.9 Å². The van der Waals surface area contributed by atoms with Gasteiger partial charge in [0.1, 0.15) is 17.7 Å². The Balaban J connectivity index is 1.50. The first-order chi connectivity index (χ1) is 18.7. The van der Waals surface area contributed by atoms with Crippen LogP contribution in [0.1, 0.15) is 6.42 Å². The molecule has 0 bridgehead atoms. The zero-order valence-corrected chi connectivity index (χ0v) is 21.5. The molecule has 1 aliphatic rings. The number of hydrogen-bond acceptors (Lipinski definition) is 8. The normalized spacial score (nSPS) is 16.5. The number of amides is 3. The van der Waals surface area contributed by atoms with Gasteiger partial charge in [-0.25, -0.2) is 19.0 Å². The number of anilines is 2. The second-order valence-electron chi connectivity index (χ2n) is 8.31. The molecule has 3 amide bonds. The summed E-state index contributed by atoms with van der Waals surface area (Å²) in [5.41, 5.74) is -0.783. The molecule has 12 nitrogen and oxygen atoms in total. The van der Waals surface area contributed by atoms with Gasteiger partial charge in [0, 0.05) is 38.5 Å². The highest BCUT2D eigenvalue weighted by atomic mass is 35.5. The van der Waals surface area contributed by atoms with Gasteiger partial charge in [0.25, 0.3) is 5.56 Å². The number of carbonyl (C=O) groups is 3. The number of aromatic nitrogens is 2. The van der Waals surface area contributed by atoms with Crippen LogP contribution in [0.4, 0.5) is 25.5 Å². The number of likely N-dealkylation sites (tertiary alicyclic amines) is 1. The van der Waals surface area contributed by atoms with Gasteiger partial charge < -0.3 is 24.4 Å². The first kappa shape index (κ1) is 27.5. The van der Waals surface area contributed by atoms with E-state index < -0.39 is 41.6 Å². The third kappa shape index (κ3) is 6.33. The van der Waals surface area contributed by atoms with Gasteiger partial charge in [0.15, 0.2) is 5.75 Å². The van der Waals surface area contributed by atoms with Crippen molar-refractivity contribution in [2.24, 2.45) is 0 Å². The molecule has 0 radical (unpaired) electrons. The number of benzene rings is 1. The Bertz CT molecular complexity index is 1450. The number of methoxy groups -OCH3 is 2. The molecule has 0 spiro atoms. The van der Waals surface area contributed by atoms with Crippen molar-refractivity contribution >= 4 is 41.2 Å². The molecule has 0 unspecified atom stereocenters. The number of halogens is 2. The summed E-state index contributed by atoms with van der Waals surface area (Å²) in [5.74, 6) is -1.55. The molecule has 0 saturated carbocycles. The largest absolute Gasteiger partial charge is 0.513 e. The van der Waals surface area contributed by atoms with E-state index in [4.69, 9.17) is 21.1 Å². The van der Waals surface area contributed by atoms with Gasteiger partial charge in [-0.05, 0) is 36.4 Å². The van der Waals surface area contributed by atoms with E-state index in [9.17, 15) is 19.2 Å². The van der Waals surface area contributed by atoms with Gasteiger partial charge in [-0.2, -0.15) is 0 Å². The Kier molecular flexibility index (Phi) is 8.42. The molecule has 14 heteroatoms. The molecule has 3 heterocycles. The number of nitrogens with zero attached hydrogens (tertiary/aromatic N) is 3. The highest BCUT2D eigenvalue weighted by Crippen LogP contribution is 2.25. The number of pyridine rings is 2. The molecule has 0 aliphatic carbocycles. The van der Waals surface area contributed by atoms with Crippen molar-refractivity contribution < 1.29 is 33.0 Å². The summed E-state index contributed by atoms with van der Waals surface area (Å²) in [5, 5.41) is 5.49. The molecule has 39 heavy (non-hydrogen) atoms. The fraction of sp³-hybridized carbons (Fsp3) is 0.240. The lowest BCUT2D eigenvalue weighted by Crippen LogP contribution is -2.45. The van der Waals surface area contributed by atoms with E-state index in [-0.39, 0.29) is 35.9 Å². The van der Waals surface area contributed by atoms with Crippen molar-refractivity contribution in [2.75, 3.05) is 31.4 Å².